The summed E-state index contributed by atoms with van der Waals surface area (Å²) < 4.78 is 10.3. The molecule has 7 nitrogen and oxygen atoms in total. The van der Waals surface area contributed by atoms with Gasteiger partial charge >= 0.3 is 0 Å². The number of aryl methyl sites for hydroxylation is 1. The lowest BCUT2D eigenvalue weighted by Gasteiger charge is -2.08. The molecule has 0 radical (unpaired) electrons. The van der Waals surface area contributed by atoms with Crippen molar-refractivity contribution in [2.75, 3.05) is 12.4 Å². The molecule has 2 N–H and O–H groups in total. The monoisotopic (exact) mass is 355 g/mol. The third-order valence-corrected chi connectivity index (χ3v) is 3.59. The van der Waals surface area contributed by atoms with Gasteiger partial charge in [0, 0.05) is 11.6 Å². The maximum absolute atomic E-state index is 5.25. The van der Waals surface area contributed by atoms with E-state index >= 15 is 0 Å². The fourth-order valence-corrected chi connectivity index (χ4v) is 2.32. The highest BCUT2D eigenvalue weighted by Gasteiger charge is 2.09. The molecule has 0 bridgehead atoms. The van der Waals surface area contributed by atoms with E-state index in [0.717, 1.165) is 16.8 Å². The molecule has 0 aliphatic heterocycles. The Kier molecular flexibility index (Phi) is 5.20. The Morgan fingerprint density at radius 2 is 2.16 bits per heavy atom. The van der Waals surface area contributed by atoms with Crippen molar-refractivity contribution in [3.63, 3.8) is 0 Å². The number of aromatic nitrogens is 3. The number of anilines is 1. The van der Waals surface area contributed by atoms with Crippen LogP contribution in [0, 0.1) is 6.92 Å². The fraction of sp³-hybridized carbons (Fsp3) is 0.176. The van der Waals surface area contributed by atoms with Gasteiger partial charge in [-0.25, -0.2) is 4.98 Å². The summed E-state index contributed by atoms with van der Waals surface area (Å²) in [4.78, 5) is 8.47. The van der Waals surface area contributed by atoms with Gasteiger partial charge in [-0.1, -0.05) is 28.9 Å². The van der Waals surface area contributed by atoms with E-state index in [1.807, 2.05) is 37.3 Å². The number of nitrogens with one attached hydrogen (secondary N) is 2. The van der Waals surface area contributed by atoms with Crippen LogP contribution in [-0.4, -0.2) is 27.3 Å². The molecule has 8 heteroatoms. The van der Waals surface area contributed by atoms with Gasteiger partial charge in [0.25, 0.3) is 0 Å². The van der Waals surface area contributed by atoms with Gasteiger partial charge in [-0.05, 0) is 31.3 Å². The summed E-state index contributed by atoms with van der Waals surface area (Å²) in [5.74, 6) is 1.55. The maximum atomic E-state index is 5.25. The van der Waals surface area contributed by atoms with E-state index in [9.17, 15) is 0 Å². The standard InChI is InChI=1S/C17H17N5O2S/c1-11-4-3-5-12(8-11)16-21-15(24-22-16)10-19-17(25)20-13-6-7-14(23-2)18-9-13/h3-9H,10H2,1-2H3,(H2,19,20,25). The minimum atomic E-state index is 0.328. The van der Waals surface area contributed by atoms with Gasteiger partial charge in [0.2, 0.25) is 17.6 Å². The molecule has 0 aliphatic carbocycles. The van der Waals surface area contributed by atoms with E-state index in [1.54, 1.807) is 19.4 Å². The van der Waals surface area contributed by atoms with Crippen LogP contribution in [0.5, 0.6) is 5.88 Å². The van der Waals surface area contributed by atoms with E-state index in [0.29, 0.717) is 29.3 Å². The Hall–Kier alpha value is -3.00. The van der Waals surface area contributed by atoms with Crippen LogP contribution in [0.1, 0.15) is 11.5 Å². The van der Waals surface area contributed by atoms with E-state index in [4.69, 9.17) is 21.5 Å². The van der Waals surface area contributed by atoms with Gasteiger partial charge in [-0.15, -0.1) is 0 Å². The second kappa shape index (κ2) is 7.71. The fourth-order valence-electron chi connectivity index (χ4n) is 2.13. The largest absolute Gasteiger partial charge is 0.481 e. The third-order valence-electron chi connectivity index (χ3n) is 3.35. The molecule has 1 aromatic carbocycles. The Bertz CT molecular complexity index is 863. The van der Waals surface area contributed by atoms with Gasteiger partial charge < -0.3 is 19.9 Å². The SMILES string of the molecule is COc1ccc(NC(=S)NCc2nc(-c3cccc(C)c3)no2)cn1. The molecule has 0 fully saturated rings. The molecule has 0 saturated heterocycles. The van der Waals surface area contributed by atoms with Crippen LogP contribution < -0.4 is 15.4 Å². The molecule has 25 heavy (non-hydrogen) atoms. The van der Waals surface area contributed by atoms with Crippen LogP contribution in [0.2, 0.25) is 0 Å². The molecule has 128 valence electrons. The molecule has 2 aromatic heterocycles. The van der Waals surface area contributed by atoms with E-state index in [1.165, 1.54) is 0 Å². The molecule has 0 unspecified atom stereocenters. The summed E-state index contributed by atoms with van der Waals surface area (Å²) in [6, 6.07) is 11.5. The summed E-state index contributed by atoms with van der Waals surface area (Å²) in [6.07, 6.45) is 1.63. The Balaban J connectivity index is 1.55. The van der Waals surface area contributed by atoms with Crippen LogP contribution in [-0.2, 0) is 6.54 Å². The first-order valence-corrected chi connectivity index (χ1v) is 7.99. The molecule has 0 amide bonds. The quantitative estimate of drug-likeness (QED) is 0.676. The van der Waals surface area contributed by atoms with Crippen molar-refractivity contribution in [1.29, 1.82) is 0 Å². The van der Waals surface area contributed by atoms with Crippen molar-refractivity contribution in [3.8, 4) is 17.3 Å². The first kappa shape index (κ1) is 16.8. The van der Waals surface area contributed by atoms with Gasteiger partial charge in [-0.2, -0.15) is 4.98 Å². The van der Waals surface area contributed by atoms with Gasteiger partial charge in [-0.3, -0.25) is 0 Å². The predicted molar refractivity (Wildman–Crippen MR) is 98.3 cm³/mol. The summed E-state index contributed by atoms with van der Waals surface area (Å²) in [5.41, 5.74) is 2.81. The summed E-state index contributed by atoms with van der Waals surface area (Å²) >= 11 is 5.24. The second-order valence-electron chi connectivity index (χ2n) is 5.28. The molecule has 0 spiro atoms. The minimum absolute atomic E-state index is 0.328. The highest BCUT2D eigenvalue weighted by atomic mass is 32.1. The summed E-state index contributed by atoms with van der Waals surface area (Å²) in [7, 11) is 1.57. The zero-order chi connectivity index (χ0) is 17.6. The third kappa shape index (κ3) is 4.51. The second-order valence-corrected chi connectivity index (χ2v) is 5.69. The Labute approximate surface area is 150 Å². The predicted octanol–water partition coefficient (Wildman–Crippen LogP) is 2.94. The van der Waals surface area contributed by atoms with Crippen molar-refractivity contribution in [2.24, 2.45) is 0 Å². The number of pyridine rings is 1. The number of benzene rings is 1. The zero-order valence-electron chi connectivity index (χ0n) is 13.8. The lowest BCUT2D eigenvalue weighted by atomic mass is 10.1. The molecule has 3 aromatic rings. The van der Waals surface area contributed by atoms with E-state index in [-0.39, 0.29) is 0 Å². The van der Waals surface area contributed by atoms with Crippen LogP contribution >= 0.6 is 12.2 Å². The topological polar surface area (TPSA) is 85.1 Å². The Morgan fingerprint density at radius 3 is 2.88 bits per heavy atom. The number of hydrogen-bond donors (Lipinski definition) is 2. The molecular weight excluding hydrogens is 338 g/mol. The van der Waals surface area contributed by atoms with Crippen LogP contribution in [0.4, 0.5) is 5.69 Å². The highest BCUT2D eigenvalue weighted by Crippen LogP contribution is 2.17. The minimum Gasteiger partial charge on any atom is -0.481 e. The van der Waals surface area contributed by atoms with Crippen LogP contribution in [0.3, 0.4) is 0 Å². The average molecular weight is 355 g/mol. The van der Waals surface area contributed by atoms with Crippen molar-refractivity contribution in [2.45, 2.75) is 13.5 Å². The van der Waals surface area contributed by atoms with Crippen LogP contribution in [0.15, 0.2) is 47.1 Å². The van der Waals surface area contributed by atoms with Crippen molar-refractivity contribution in [1.82, 2.24) is 20.4 Å². The average Bonchev–Trinajstić information content (AvgIpc) is 3.10. The van der Waals surface area contributed by atoms with Crippen molar-refractivity contribution in [3.05, 3.63) is 54.0 Å². The first-order chi connectivity index (χ1) is 12.1. The van der Waals surface area contributed by atoms with Crippen molar-refractivity contribution >= 4 is 23.0 Å². The molecule has 3 rings (SSSR count). The number of methoxy groups -OCH3 is 1. The highest BCUT2D eigenvalue weighted by molar-refractivity contribution is 7.80. The van der Waals surface area contributed by atoms with Gasteiger partial charge in [0.15, 0.2) is 5.11 Å². The summed E-state index contributed by atoms with van der Waals surface area (Å²) in [5, 5.41) is 10.5. The number of rotatable bonds is 5. The smallest absolute Gasteiger partial charge is 0.246 e. The maximum Gasteiger partial charge on any atom is 0.246 e. The number of ether oxygens (including phenoxy) is 1. The van der Waals surface area contributed by atoms with Crippen LogP contribution in [0.25, 0.3) is 11.4 Å². The zero-order valence-corrected chi connectivity index (χ0v) is 14.6. The lowest BCUT2D eigenvalue weighted by molar-refractivity contribution is 0.376. The van der Waals surface area contributed by atoms with Gasteiger partial charge in [0.05, 0.1) is 25.5 Å². The molecule has 2 heterocycles. The molecular formula is C17H17N5O2S. The normalized spacial score (nSPS) is 10.3. The first-order valence-electron chi connectivity index (χ1n) is 7.58. The Morgan fingerprint density at radius 1 is 1.28 bits per heavy atom. The lowest BCUT2D eigenvalue weighted by Crippen LogP contribution is -2.28. The summed E-state index contributed by atoms with van der Waals surface area (Å²) in [6.45, 7) is 2.35. The molecule has 0 aliphatic rings. The van der Waals surface area contributed by atoms with E-state index < -0.39 is 0 Å². The molecule has 0 atom stereocenters. The number of thiocarbonyl (C=S) groups is 1. The number of nitrogens with zero attached hydrogens (tertiary/aromatic N) is 3. The van der Waals surface area contributed by atoms with Crippen molar-refractivity contribution < 1.29 is 9.26 Å². The van der Waals surface area contributed by atoms with E-state index in [2.05, 4.69) is 25.8 Å². The number of hydrogen-bond acceptors (Lipinski definition) is 6. The molecule has 0 saturated carbocycles. The van der Waals surface area contributed by atoms with Gasteiger partial charge in [0.1, 0.15) is 0 Å².